The molecule has 0 spiro atoms. The maximum atomic E-state index is 13.4. The van der Waals surface area contributed by atoms with E-state index >= 15 is 0 Å². The Morgan fingerprint density at radius 2 is 1.84 bits per heavy atom. The molecule has 2 N–H and O–H groups in total. The molecule has 1 unspecified atom stereocenters. The average Bonchev–Trinajstić information content (AvgIpc) is 3.23. The first kappa shape index (κ1) is 19.9. The molecule has 1 amide bonds. The number of nitrogens with zero attached hydrogens (tertiary/aromatic N) is 5. The van der Waals surface area contributed by atoms with Crippen molar-refractivity contribution in [1.82, 2.24) is 24.7 Å². The van der Waals surface area contributed by atoms with Gasteiger partial charge in [0.05, 0.1) is 17.5 Å². The van der Waals surface area contributed by atoms with Gasteiger partial charge in [0.15, 0.2) is 5.82 Å². The molecule has 1 aliphatic rings. The van der Waals surface area contributed by atoms with Crippen molar-refractivity contribution in [2.75, 3.05) is 10.6 Å². The number of allylic oxidation sites excluding steroid dienone is 1. The number of hydrogen-bond donors (Lipinski definition) is 2. The van der Waals surface area contributed by atoms with Crippen molar-refractivity contribution in [1.29, 1.82) is 0 Å². The monoisotopic (exact) mass is 443 g/mol. The fraction of sp³-hybridized carbons (Fsp3) is 0.0870. The first-order valence-corrected chi connectivity index (χ1v) is 10.3. The van der Waals surface area contributed by atoms with Crippen molar-refractivity contribution in [3.63, 3.8) is 0 Å². The number of fused-ring (bicyclic) bond motifs is 1. The van der Waals surface area contributed by atoms with Crippen molar-refractivity contribution in [3.8, 4) is 11.4 Å². The number of hydrogen-bond acceptors (Lipinski definition) is 6. The van der Waals surface area contributed by atoms with Gasteiger partial charge >= 0.3 is 0 Å². The molecule has 4 aromatic rings. The van der Waals surface area contributed by atoms with E-state index in [-0.39, 0.29) is 5.91 Å². The molecule has 0 radical (unpaired) electrons. The minimum absolute atomic E-state index is 0.281. The summed E-state index contributed by atoms with van der Waals surface area (Å²) >= 11 is 6.57. The van der Waals surface area contributed by atoms with Crippen LogP contribution in [0.3, 0.4) is 0 Å². The number of pyridine rings is 2. The van der Waals surface area contributed by atoms with E-state index in [4.69, 9.17) is 16.7 Å². The van der Waals surface area contributed by atoms with Gasteiger partial charge in [-0.3, -0.25) is 14.8 Å². The van der Waals surface area contributed by atoms with Crippen LogP contribution >= 0.6 is 11.6 Å². The number of carbonyl (C=O) groups excluding carboxylic acids is 1. The lowest BCUT2D eigenvalue weighted by molar-refractivity contribution is -0.113. The molecular weight excluding hydrogens is 426 g/mol. The van der Waals surface area contributed by atoms with Crippen molar-refractivity contribution >= 4 is 29.1 Å². The van der Waals surface area contributed by atoms with E-state index in [1.807, 2.05) is 37.3 Å². The quantitative estimate of drug-likeness (QED) is 0.487. The van der Waals surface area contributed by atoms with Gasteiger partial charge < -0.3 is 10.6 Å². The highest BCUT2D eigenvalue weighted by Gasteiger charge is 2.35. The zero-order chi connectivity index (χ0) is 22.1. The zero-order valence-electron chi connectivity index (χ0n) is 17.0. The van der Waals surface area contributed by atoms with E-state index in [9.17, 15) is 4.79 Å². The zero-order valence-corrected chi connectivity index (χ0v) is 17.8. The van der Waals surface area contributed by atoms with Crippen LogP contribution in [0.4, 0.5) is 11.6 Å². The van der Waals surface area contributed by atoms with E-state index < -0.39 is 6.04 Å². The molecule has 32 heavy (non-hydrogen) atoms. The number of carbonyl (C=O) groups is 1. The summed E-state index contributed by atoms with van der Waals surface area (Å²) in [5.74, 6) is 0.737. The summed E-state index contributed by atoms with van der Waals surface area (Å²) in [5.41, 5.74) is 3.26. The van der Waals surface area contributed by atoms with Crippen molar-refractivity contribution in [2.24, 2.45) is 0 Å². The third-order valence-electron chi connectivity index (χ3n) is 5.14. The van der Waals surface area contributed by atoms with Gasteiger partial charge in [0.2, 0.25) is 5.95 Å². The van der Waals surface area contributed by atoms with Gasteiger partial charge in [0.1, 0.15) is 6.04 Å². The molecule has 0 saturated heterocycles. The van der Waals surface area contributed by atoms with Crippen LogP contribution in [0, 0.1) is 0 Å². The lowest BCUT2D eigenvalue weighted by Gasteiger charge is -2.29. The maximum Gasteiger partial charge on any atom is 0.255 e. The van der Waals surface area contributed by atoms with Gasteiger partial charge in [-0.05, 0) is 37.3 Å². The summed E-state index contributed by atoms with van der Waals surface area (Å²) in [5, 5.41) is 11.4. The van der Waals surface area contributed by atoms with Gasteiger partial charge in [0.25, 0.3) is 5.91 Å². The van der Waals surface area contributed by atoms with Crippen LogP contribution in [0.1, 0.15) is 18.5 Å². The van der Waals surface area contributed by atoms with Crippen molar-refractivity contribution in [2.45, 2.75) is 13.0 Å². The molecule has 0 fully saturated rings. The standard InChI is InChI=1S/C23H18ClN7O/c1-14-19(22(32)28-16-7-5-11-26-13-16)20(17-8-2-3-9-18(17)24)31-23(27-14)29-21(30-31)15-6-4-10-25-12-15/h2-13,20H,1H3,(H,28,32)(H,27,29,30). The minimum atomic E-state index is -0.574. The van der Waals surface area contributed by atoms with E-state index in [0.717, 1.165) is 11.1 Å². The largest absolute Gasteiger partial charge is 0.328 e. The Morgan fingerprint density at radius 1 is 1.06 bits per heavy atom. The summed E-state index contributed by atoms with van der Waals surface area (Å²) in [6.45, 7) is 1.84. The Bertz CT molecular complexity index is 1320. The number of benzene rings is 1. The number of halogens is 1. The van der Waals surface area contributed by atoms with Crippen LogP contribution in [-0.2, 0) is 4.79 Å². The number of anilines is 2. The molecule has 0 bridgehead atoms. The molecule has 5 rings (SSSR count). The summed E-state index contributed by atoms with van der Waals surface area (Å²) in [7, 11) is 0. The second-order valence-electron chi connectivity index (χ2n) is 7.23. The third-order valence-corrected chi connectivity index (χ3v) is 5.48. The Morgan fingerprint density at radius 3 is 2.56 bits per heavy atom. The van der Waals surface area contributed by atoms with Crippen molar-refractivity contribution in [3.05, 3.63) is 95.2 Å². The Hall–Kier alpha value is -4.04. The molecule has 3 aromatic heterocycles. The van der Waals surface area contributed by atoms with Crippen LogP contribution in [0.15, 0.2) is 84.6 Å². The highest BCUT2D eigenvalue weighted by Crippen LogP contribution is 2.39. The summed E-state index contributed by atoms with van der Waals surface area (Å²) in [4.78, 5) is 26.3. The van der Waals surface area contributed by atoms with Gasteiger partial charge in [0, 0.05) is 40.4 Å². The Kier molecular flexibility index (Phi) is 5.12. The second-order valence-corrected chi connectivity index (χ2v) is 7.64. The van der Waals surface area contributed by atoms with Crippen LogP contribution in [0.2, 0.25) is 5.02 Å². The summed E-state index contributed by atoms with van der Waals surface area (Å²) in [6, 6.07) is 14.1. The number of amides is 1. The molecule has 1 atom stereocenters. The maximum absolute atomic E-state index is 13.4. The van der Waals surface area contributed by atoms with E-state index in [1.54, 1.807) is 47.7 Å². The van der Waals surface area contributed by atoms with Crippen LogP contribution < -0.4 is 10.6 Å². The number of rotatable bonds is 4. The topological polar surface area (TPSA) is 97.6 Å². The second kappa shape index (κ2) is 8.24. The SMILES string of the molecule is CC1=C(C(=O)Nc2cccnc2)C(c2ccccc2Cl)n2nc(-c3cccnc3)nc2N1. The van der Waals surface area contributed by atoms with E-state index in [0.29, 0.717) is 33.8 Å². The molecule has 1 aliphatic heterocycles. The number of nitrogens with one attached hydrogen (secondary N) is 2. The van der Waals surface area contributed by atoms with E-state index in [1.165, 1.54) is 0 Å². The summed E-state index contributed by atoms with van der Waals surface area (Å²) < 4.78 is 1.69. The molecular formula is C23H18ClN7O. The lowest BCUT2D eigenvalue weighted by atomic mass is 9.95. The van der Waals surface area contributed by atoms with Gasteiger partial charge in [-0.15, -0.1) is 5.10 Å². The predicted molar refractivity (Wildman–Crippen MR) is 122 cm³/mol. The molecule has 8 nitrogen and oxygen atoms in total. The van der Waals surface area contributed by atoms with Crippen LogP contribution in [0.5, 0.6) is 0 Å². The summed E-state index contributed by atoms with van der Waals surface area (Å²) in [6.07, 6.45) is 6.63. The predicted octanol–water partition coefficient (Wildman–Crippen LogP) is 4.32. The van der Waals surface area contributed by atoms with E-state index in [2.05, 4.69) is 25.6 Å². The molecule has 9 heteroatoms. The molecule has 0 aliphatic carbocycles. The number of aromatic nitrogens is 5. The van der Waals surface area contributed by atoms with Gasteiger partial charge in [-0.1, -0.05) is 29.8 Å². The van der Waals surface area contributed by atoms with Gasteiger partial charge in [-0.2, -0.15) is 4.98 Å². The molecule has 0 saturated carbocycles. The first-order valence-electron chi connectivity index (χ1n) is 9.92. The fourth-order valence-corrected chi connectivity index (χ4v) is 3.92. The fourth-order valence-electron chi connectivity index (χ4n) is 3.68. The molecule has 4 heterocycles. The lowest BCUT2D eigenvalue weighted by Crippen LogP contribution is -2.31. The molecule has 1 aromatic carbocycles. The highest BCUT2D eigenvalue weighted by atomic mass is 35.5. The van der Waals surface area contributed by atoms with Crippen LogP contribution in [-0.4, -0.2) is 30.6 Å². The normalized spacial score (nSPS) is 15.1. The average molecular weight is 444 g/mol. The van der Waals surface area contributed by atoms with Crippen LogP contribution in [0.25, 0.3) is 11.4 Å². The molecule has 158 valence electrons. The third kappa shape index (κ3) is 3.61. The minimum Gasteiger partial charge on any atom is -0.328 e. The van der Waals surface area contributed by atoms with Gasteiger partial charge in [-0.25, -0.2) is 4.68 Å². The first-order chi connectivity index (χ1) is 15.6. The smallest absolute Gasteiger partial charge is 0.255 e. The Balaban J connectivity index is 1.63. The highest BCUT2D eigenvalue weighted by molar-refractivity contribution is 6.31. The van der Waals surface area contributed by atoms with Crippen molar-refractivity contribution < 1.29 is 4.79 Å². The Labute approximate surface area is 189 Å².